The van der Waals surface area contributed by atoms with Crippen molar-refractivity contribution in [2.24, 2.45) is 0 Å². The van der Waals surface area contributed by atoms with Crippen molar-refractivity contribution in [1.82, 2.24) is 24.9 Å². The van der Waals surface area contributed by atoms with E-state index in [4.69, 9.17) is 29.3 Å². The quantitative estimate of drug-likeness (QED) is 0.169. The molecule has 7 aromatic carbocycles. The lowest BCUT2D eigenvalue weighted by Gasteiger charge is -2.09. The topological polar surface area (TPSA) is 77.6 Å². The SMILES string of the molecule is c1ccc(-c2nc(-c3ccccc3)nc(-c3cccc4c3oc3cc(-c5cccc(-c6nc(-c7ccccc7)nc7c6sc6ccccc67)c5)ccc34)n2)cc1. The molecule has 0 N–H and O–H groups in total. The molecule has 4 aromatic heterocycles. The molecule has 56 heavy (non-hydrogen) atoms. The predicted octanol–water partition coefficient (Wildman–Crippen LogP) is 12.9. The van der Waals surface area contributed by atoms with Crippen molar-refractivity contribution in [1.29, 1.82) is 0 Å². The maximum atomic E-state index is 6.74. The van der Waals surface area contributed by atoms with Gasteiger partial charge in [-0.1, -0.05) is 146 Å². The molecule has 0 amide bonds. The van der Waals surface area contributed by atoms with E-state index in [1.165, 1.54) is 4.70 Å². The number of thiophene rings is 1. The molecule has 0 fully saturated rings. The van der Waals surface area contributed by atoms with Gasteiger partial charge in [-0.2, -0.15) is 0 Å². The Balaban J connectivity index is 1.04. The Bertz CT molecular complexity index is 3190. The van der Waals surface area contributed by atoms with Gasteiger partial charge in [0.25, 0.3) is 0 Å². The summed E-state index contributed by atoms with van der Waals surface area (Å²) >= 11 is 1.74. The molecular formula is C49H29N5OS. The summed E-state index contributed by atoms with van der Waals surface area (Å²) < 4.78 is 9.01. The smallest absolute Gasteiger partial charge is 0.167 e. The van der Waals surface area contributed by atoms with E-state index in [1.807, 2.05) is 91.0 Å². The summed E-state index contributed by atoms with van der Waals surface area (Å²) in [4.78, 5) is 25.2. The standard InChI is InChI=1S/C49H29N5OS/c1-4-14-30(15-5-1)46-50-42(45-43(51-46)38-22-10-11-25-41(38)56-45)35-21-12-20-33(28-35)34-26-27-36-37-23-13-24-39(44(37)55-40(36)29-34)49-53-47(31-16-6-2-7-17-31)52-48(54-49)32-18-8-3-9-19-32/h1-29H. The number of hydrogen-bond donors (Lipinski definition) is 0. The van der Waals surface area contributed by atoms with E-state index in [1.54, 1.807) is 11.3 Å². The van der Waals surface area contributed by atoms with Gasteiger partial charge in [0, 0.05) is 43.1 Å². The number of fused-ring (bicyclic) bond motifs is 6. The third-order valence-corrected chi connectivity index (χ3v) is 11.3. The molecule has 0 spiro atoms. The van der Waals surface area contributed by atoms with E-state index in [0.717, 1.165) is 82.2 Å². The summed E-state index contributed by atoms with van der Waals surface area (Å²) in [7, 11) is 0. The average molecular weight is 736 g/mol. The number of benzene rings is 7. The van der Waals surface area contributed by atoms with E-state index < -0.39 is 0 Å². The van der Waals surface area contributed by atoms with Crippen molar-refractivity contribution >= 4 is 53.6 Å². The Hall–Kier alpha value is -7.35. The van der Waals surface area contributed by atoms with E-state index in [0.29, 0.717) is 23.3 Å². The molecular weight excluding hydrogens is 707 g/mol. The summed E-state index contributed by atoms with van der Waals surface area (Å²) in [5.74, 6) is 2.49. The van der Waals surface area contributed by atoms with Crippen LogP contribution in [0.25, 0.3) is 110 Å². The number of nitrogens with zero attached hydrogens (tertiary/aromatic N) is 5. The molecule has 0 aliphatic rings. The maximum absolute atomic E-state index is 6.74. The van der Waals surface area contributed by atoms with Gasteiger partial charge >= 0.3 is 0 Å². The van der Waals surface area contributed by atoms with Gasteiger partial charge in [-0.15, -0.1) is 11.3 Å². The molecule has 262 valence electrons. The number of aromatic nitrogens is 5. The summed E-state index contributed by atoms with van der Waals surface area (Å²) in [6.07, 6.45) is 0. The van der Waals surface area contributed by atoms with Crippen molar-refractivity contribution in [3.8, 4) is 67.9 Å². The third kappa shape index (κ3) is 5.52. The zero-order chi connectivity index (χ0) is 37.0. The van der Waals surface area contributed by atoms with E-state index in [2.05, 4.69) is 84.9 Å². The zero-order valence-corrected chi connectivity index (χ0v) is 30.6. The Morgan fingerprint density at radius 2 is 0.929 bits per heavy atom. The Morgan fingerprint density at radius 1 is 0.375 bits per heavy atom. The first kappa shape index (κ1) is 32.1. The molecule has 11 rings (SSSR count). The molecule has 0 bridgehead atoms. The van der Waals surface area contributed by atoms with Crippen LogP contribution in [0.4, 0.5) is 0 Å². The third-order valence-electron chi connectivity index (χ3n) is 10.2. The van der Waals surface area contributed by atoms with Crippen molar-refractivity contribution < 1.29 is 4.42 Å². The molecule has 0 saturated heterocycles. The Morgan fingerprint density at radius 3 is 1.64 bits per heavy atom. The van der Waals surface area contributed by atoms with Gasteiger partial charge in [-0.3, -0.25) is 0 Å². The van der Waals surface area contributed by atoms with Gasteiger partial charge in [0.15, 0.2) is 23.3 Å². The molecule has 4 heterocycles. The number of rotatable bonds is 6. The van der Waals surface area contributed by atoms with Crippen LogP contribution in [-0.4, -0.2) is 24.9 Å². The van der Waals surface area contributed by atoms with Gasteiger partial charge < -0.3 is 4.42 Å². The van der Waals surface area contributed by atoms with Crippen LogP contribution in [0.15, 0.2) is 180 Å². The second-order valence-corrected chi connectivity index (χ2v) is 14.7. The van der Waals surface area contributed by atoms with Crippen LogP contribution in [0.5, 0.6) is 0 Å². The van der Waals surface area contributed by atoms with Crippen LogP contribution >= 0.6 is 11.3 Å². The van der Waals surface area contributed by atoms with Crippen LogP contribution < -0.4 is 0 Å². The molecule has 0 saturated carbocycles. The summed E-state index contributed by atoms with van der Waals surface area (Å²) in [5, 5.41) is 3.17. The minimum atomic E-state index is 0.558. The first-order valence-electron chi connectivity index (χ1n) is 18.4. The molecule has 11 aromatic rings. The van der Waals surface area contributed by atoms with Gasteiger partial charge in [0.05, 0.1) is 21.5 Å². The van der Waals surface area contributed by atoms with Crippen molar-refractivity contribution in [2.45, 2.75) is 0 Å². The fourth-order valence-electron chi connectivity index (χ4n) is 7.43. The highest BCUT2D eigenvalue weighted by molar-refractivity contribution is 7.26. The highest BCUT2D eigenvalue weighted by Crippen LogP contribution is 2.41. The minimum absolute atomic E-state index is 0.558. The number of furan rings is 1. The molecule has 6 nitrogen and oxygen atoms in total. The average Bonchev–Trinajstić information content (AvgIpc) is 3.85. The lowest BCUT2D eigenvalue weighted by atomic mass is 9.99. The van der Waals surface area contributed by atoms with Crippen molar-refractivity contribution in [2.75, 3.05) is 0 Å². The largest absolute Gasteiger partial charge is 0.455 e. The first-order valence-corrected chi connectivity index (χ1v) is 19.2. The first-order chi connectivity index (χ1) is 27.7. The molecule has 0 radical (unpaired) electrons. The second kappa shape index (κ2) is 13.2. The fraction of sp³-hybridized carbons (Fsp3) is 0. The van der Waals surface area contributed by atoms with Crippen LogP contribution in [0.1, 0.15) is 0 Å². The maximum Gasteiger partial charge on any atom is 0.167 e. The lowest BCUT2D eigenvalue weighted by Crippen LogP contribution is -2.00. The van der Waals surface area contributed by atoms with Crippen LogP contribution in [0.2, 0.25) is 0 Å². The summed E-state index contributed by atoms with van der Waals surface area (Å²) in [6, 6.07) is 59.9. The molecule has 0 unspecified atom stereocenters. The van der Waals surface area contributed by atoms with Gasteiger partial charge in [0.2, 0.25) is 0 Å². The van der Waals surface area contributed by atoms with Gasteiger partial charge in [0.1, 0.15) is 11.2 Å². The monoisotopic (exact) mass is 735 g/mol. The highest BCUT2D eigenvalue weighted by atomic mass is 32.1. The van der Waals surface area contributed by atoms with Crippen LogP contribution in [0, 0.1) is 0 Å². The van der Waals surface area contributed by atoms with Crippen molar-refractivity contribution in [3.63, 3.8) is 0 Å². The predicted molar refractivity (Wildman–Crippen MR) is 228 cm³/mol. The molecule has 0 atom stereocenters. The summed E-state index contributed by atoms with van der Waals surface area (Å²) in [5.41, 5.74) is 10.2. The normalized spacial score (nSPS) is 11.6. The number of para-hydroxylation sites is 1. The second-order valence-electron chi connectivity index (χ2n) is 13.7. The van der Waals surface area contributed by atoms with Crippen LogP contribution in [-0.2, 0) is 0 Å². The van der Waals surface area contributed by atoms with Crippen molar-refractivity contribution in [3.05, 3.63) is 176 Å². The molecule has 7 heteroatoms. The Kier molecular flexibility index (Phi) is 7.57. The zero-order valence-electron chi connectivity index (χ0n) is 29.8. The highest BCUT2D eigenvalue weighted by Gasteiger charge is 2.20. The molecule has 0 aliphatic carbocycles. The lowest BCUT2D eigenvalue weighted by molar-refractivity contribution is 0.669. The van der Waals surface area contributed by atoms with Gasteiger partial charge in [-0.25, -0.2) is 24.9 Å². The molecule has 0 aliphatic heterocycles. The Labute approximate surface area is 325 Å². The summed E-state index contributed by atoms with van der Waals surface area (Å²) in [6.45, 7) is 0. The number of hydrogen-bond acceptors (Lipinski definition) is 7. The van der Waals surface area contributed by atoms with Crippen LogP contribution in [0.3, 0.4) is 0 Å². The van der Waals surface area contributed by atoms with Gasteiger partial charge in [-0.05, 0) is 41.5 Å². The minimum Gasteiger partial charge on any atom is -0.455 e. The van der Waals surface area contributed by atoms with E-state index in [-0.39, 0.29) is 0 Å². The van der Waals surface area contributed by atoms with E-state index in [9.17, 15) is 0 Å². The fourth-order valence-corrected chi connectivity index (χ4v) is 8.59. The van der Waals surface area contributed by atoms with E-state index >= 15 is 0 Å².